The third-order valence-electron chi connectivity index (χ3n) is 2.83. The minimum Gasteiger partial charge on any atom is -0.461 e. The molecule has 6 nitrogen and oxygen atoms in total. The molecule has 0 N–H and O–H groups in total. The highest BCUT2D eigenvalue weighted by Gasteiger charge is 2.19. The van der Waals surface area contributed by atoms with E-state index < -0.39 is 16.1 Å². The van der Waals surface area contributed by atoms with Gasteiger partial charge in [-0.3, -0.25) is 4.28 Å². The van der Waals surface area contributed by atoms with Crippen molar-refractivity contribution < 1.29 is 22.2 Å². The first-order chi connectivity index (χ1) is 10.4. The number of hydrogen-bond acceptors (Lipinski definition) is 6. The van der Waals surface area contributed by atoms with Crippen molar-refractivity contribution in [2.24, 2.45) is 5.16 Å². The lowest BCUT2D eigenvalue weighted by Gasteiger charge is -2.06. The molecule has 7 heteroatoms. The van der Waals surface area contributed by atoms with Crippen molar-refractivity contribution in [3.8, 4) is 0 Å². The molecule has 0 bridgehead atoms. The molecule has 0 amide bonds. The van der Waals surface area contributed by atoms with E-state index in [4.69, 9.17) is 4.74 Å². The fourth-order valence-electron chi connectivity index (χ4n) is 1.59. The van der Waals surface area contributed by atoms with Gasteiger partial charge in [0.2, 0.25) is 0 Å². The Kier molecular flexibility index (Phi) is 7.04. The van der Waals surface area contributed by atoms with Gasteiger partial charge in [-0.15, -0.1) is 0 Å². The summed E-state index contributed by atoms with van der Waals surface area (Å²) in [6.07, 6.45) is 1.83. The summed E-state index contributed by atoms with van der Waals surface area (Å²) in [6.45, 7) is 5.65. The van der Waals surface area contributed by atoms with Crippen LogP contribution in [-0.4, -0.2) is 26.7 Å². The Morgan fingerprint density at radius 2 is 1.82 bits per heavy atom. The zero-order valence-corrected chi connectivity index (χ0v) is 13.9. The number of benzene rings is 1. The molecule has 0 radical (unpaired) electrons. The molecule has 0 aromatic heterocycles. The van der Waals surface area contributed by atoms with Gasteiger partial charge in [-0.05, 0) is 32.4 Å². The predicted molar refractivity (Wildman–Crippen MR) is 83.0 cm³/mol. The lowest BCUT2D eigenvalue weighted by Crippen LogP contribution is -2.19. The minimum atomic E-state index is -4.04. The smallest absolute Gasteiger partial charge is 0.358 e. The largest absolute Gasteiger partial charge is 0.461 e. The highest BCUT2D eigenvalue weighted by Crippen LogP contribution is 2.14. The van der Waals surface area contributed by atoms with E-state index in [9.17, 15) is 13.2 Å². The fourth-order valence-corrected chi connectivity index (χ4v) is 2.33. The highest BCUT2D eigenvalue weighted by molar-refractivity contribution is 7.86. The molecule has 0 spiro atoms. The molecule has 0 fully saturated rings. The lowest BCUT2D eigenvalue weighted by atomic mass is 10.2. The average molecular weight is 327 g/mol. The summed E-state index contributed by atoms with van der Waals surface area (Å²) in [5, 5.41) is 3.50. The van der Waals surface area contributed by atoms with E-state index in [1.807, 2.05) is 13.8 Å². The first-order valence-corrected chi connectivity index (χ1v) is 8.55. The maximum absolute atomic E-state index is 12.0. The predicted octanol–water partition coefficient (Wildman–Crippen LogP) is 2.81. The van der Waals surface area contributed by atoms with Crippen molar-refractivity contribution >= 4 is 21.8 Å². The second kappa shape index (κ2) is 8.53. The molecule has 22 heavy (non-hydrogen) atoms. The standard InChI is InChI=1S/C15H21NO5S/c1-4-6-7-14(15(17)20-5-2)16-21-22(18,19)13-10-8-12(3)9-11-13/h8-11H,4-7H2,1-3H3/b16-14-. The molecule has 0 saturated carbocycles. The van der Waals surface area contributed by atoms with Crippen LogP contribution in [0.1, 0.15) is 38.7 Å². The maximum atomic E-state index is 12.0. The van der Waals surface area contributed by atoms with Crippen molar-refractivity contribution in [3.05, 3.63) is 29.8 Å². The molecule has 0 saturated heterocycles. The van der Waals surface area contributed by atoms with Crippen molar-refractivity contribution in [2.45, 2.75) is 44.9 Å². The number of oxime groups is 1. The van der Waals surface area contributed by atoms with Crippen LogP contribution in [0.4, 0.5) is 0 Å². The number of carbonyl (C=O) groups excluding carboxylic acids is 1. The quantitative estimate of drug-likeness (QED) is 0.416. The van der Waals surface area contributed by atoms with Gasteiger partial charge in [0.05, 0.1) is 6.61 Å². The molecule has 0 aliphatic heterocycles. The van der Waals surface area contributed by atoms with Gasteiger partial charge >= 0.3 is 16.1 Å². The summed E-state index contributed by atoms with van der Waals surface area (Å²) in [5.41, 5.74) is 0.900. The highest BCUT2D eigenvalue weighted by atomic mass is 32.2. The molecule has 1 aromatic rings. The van der Waals surface area contributed by atoms with E-state index in [0.29, 0.717) is 12.8 Å². The van der Waals surface area contributed by atoms with Crippen LogP contribution in [0.25, 0.3) is 0 Å². The Hall–Kier alpha value is -1.89. The van der Waals surface area contributed by atoms with E-state index in [0.717, 1.165) is 12.0 Å². The maximum Gasteiger partial charge on any atom is 0.358 e. The molecule has 0 unspecified atom stereocenters. The molecular weight excluding hydrogens is 306 g/mol. The number of aryl methyl sites for hydroxylation is 1. The minimum absolute atomic E-state index is 0.0134. The zero-order chi connectivity index (χ0) is 16.6. The number of nitrogens with zero attached hydrogens (tertiary/aromatic N) is 1. The van der Waals surface area contributed by atoms with Crippen LogP contribution >= 0.6 is 0 Å². The fraction of sp³-hybridized carbons (Fsp3) is 0.467. The molecule has 0 aliphatic carbocycles. The topological polar surface area (TPSA) is 82.0 Å². The van der Waals surface area contributed by atoms with Crippen LogP contribution in [-0.2, 0) is 23.9 Å². The Balaban J connectivity index is 2.91. The van der Waals surface area contributed by atoms with E-state index in [1.165, 1.54) is 12.1 Å². The number of rotatable bonds is 8. The number of ether oxygens (including phenoxy) is 1. The Bertz CT molecular complexity index is 620. The van der Waals surface area contributed by atoms with Crippen molar-refractivity contribution in [1.29, 1.82) is 0 Å². The molecule has 122 valence electrons. The van der Waals surface area contributed by atoms with Crippen molar-refractivity contribution in [3.63, 3.8) is 0 Å². The Labute approximate surface area is 131 Å². The lowest BCUT2D eigenvalue weighted by molar-refractivity contribution is -0.135. The van der Waals surface area contributed by atoms with Crippen LogP contribution in [0.3, 0.4) is 0 Å². The van der Waals surface area contributed by atoms with Gasteiger partial charge < -0.3 is 4.74 Å². The first kappa shape index (κ1) is 18.2. The number of esters is 1. The summed E-state index contributed by atoms with van der Waals surface area (Å²) >= 11 is 0. The molecular formula is C15H21NO5S. The third-order valence-corrected chi connectivity index (χ3v) is 3.95. The molecule has 0 atom stereocenters. The second-order valence-corrected chi connectivity index (χ2v) is 6.23. The van der Waals surface area contributed by atoms with Crippen LogP contribution < -0.4 is 0 Å². The Morgan fingerprint density at radius 1 is 1.18 bits per heavy atom. The van der Waals surface area contributed by atoms with Crippen LogP contribution in [0.15, 0.2) is 34.3 Å². The summed E-state index contributed by atoms with van der Waals surface area (Å²) in [7, 11) is -4.04. The second-order valence-electron chi connectivity index (χ2n) is 4.70. The zero-order valence-electron chi connectivity index (χ0n) is 13.0. The molecule has 1 rings (SSSR count). The van der Waals surface area contributed by atoms with E-state index in [-0.39, 0.29) is 17.2 Å². The molecule has 0 aliphatic rings. The number of carbonyl (C=O) groups is 1. The first-order valence-electron chi connectivity index (χ1n) is 7.15. The molecule has 1 aromatic carbocycles. The molecule has 0 heterocycles. The van der Waals surface area contributed by atoms with Crippen molar-refractivity contribution in [2.75, 3.05) is 6.61 Å². The number of unbranched alkanes of at least 4 members (excludes halogenated alkanes) is 1. The van der Waals surface area contributed by atoms with Gasteiger partial charge in [-0.2, -0.15) is 8.42 Å². The van der Waals surface area contributed by atoms with E-state index >= 15 is 0 Å². The van der Waals surface area contributed by atoms with Gasteiger partial charge in [0.15, 0.2) is 5.71 Å². The summed E-state index contributed by atoms with van der Waals surface area (Å²) < 4.78 is 33.5. The van der Waals surface area contributed by atoms with Crippen LogP contribution in [0.2, 0.25) is 0 Å². The monoisotopic (exact) mass is 327 g/mol. The normalized spacial score (nSPS) is 12.0. The average Bonchev–Trinajstić information content (AvgIpc) is 2.48. The number of hydrogen-bond donors (Lipinski definition) is 0. The van der Waals surface area contributed by atoms with Crippen molar-refractivity contribution in [1.82, 2.24) is 0 Å². The van der Waals surface area contributed by atoms with Gasteiger partial charge in [0.1, 0.15) is 4.90 Å². The summed E-state index contributed by atoms with van der Waals surface area (Å²) in [6, 6.07) is 6.17. The van der Waals surface area contributed by atoms with Gasteiger partial charge in [-0.1, -0.05) is 36.2 Å². The third kappa shape index (κ3) is 5.48. The summed E-state index contributed by atoms with van der Waals surface area (Å²) in [4.78, 5) is 11.7. The van der Waals surface area contributed by atoms with Crippen LogP contribution in [0.5, 0.6) is 0 Å². The van der Waals surface area contributed by atoms with Gasteiger partial charge in [-0.25, -0.2) is 4.79 Å². The van der Waals surface area contributed by atoms with E-state index in [1.54, 1.807) is 19.1 Å². The van der Waals surface area contributed by atoms with Gasteiger partial charge in [0.25, 0.3) is 0 Å². The Morgan fingerprint density at radius 3 is 2.36 bits per heavy atom. The van der Waals surface area contributed by atoms with Gasteiger partial charge in [0, 0.05) is 6.42 Å². The van der Waals surface area contributed by atoms with E-state index in [2.05, 4.69) is 9.44 Å². The summed E-state index contributed by atoms with van der Waals surface area (Å²) in [5.74, 6) is -0.657. The SMILES string of the molecule is CCCC/C(=N/OS(=O)(=O)c1ccc(C)cc1)C(=O)OCC. The van der Waals surface area contributed by atoms with Crippen LogP contribution in [0, 0.1) is 6.92 Å².